The average molecular weight is 231 g/mol. The molecule has 0 spiro atoms. The molecule has 0 unspecified atom stereocenters. The van der Waals surface area contributed by atoms with E-state index in [2.05, 4.69) is 4.98 Å². The van der Waals surface area contributed by atoms with Gasteiger partial charge in [-0.1, -0.05) is 0 Å². The maximum Gasteiger partial charge on any atom is 0.266 e. The van der Waals surface area contributed by atoms with Gasteiger partial charge < -0.3 is 0 Å². The highest BCUT2D eigenvalue weighted by Crippen LogP contribution is 2.27. The van der Waals surface area contributed by atoms with Gasteiger partial charge in [-0.2, -0.15) is 5.26 Å². The van der Waals surface area contributed by atoms with Crippen molar-refractivity contribution in [1.82, 2.24) is 4.98 Å². The van der Waals surface area contributed by atoms with Gasteiger partial charge in [-0.15, -0.1) is 11.6 Å². The maximum absolute atomic E-state index is 12.6. The van der Waals surface area contributed by atoms with Crippen LogP contribution in [-0.4, -0.2) is 11.3 Å². The molecular weight excluding hydrogens is 226 g/mol. The number of hydrogen-bond acceptors (Lipinski definition) is 3. The van der Waals surface area contributed by atoms with Gasteiger partial charge >= 0.3 is 0 Å². The minimum Gasteiger partial charge on any atom is -0.298 e. The summed E-state index contributed by atoms with van der Waals surface area (Å²) in [5.74, 6) is -0.230. The van der Waals surface area contributed by atoms with Gasteiger partial charge in [0.25, 0.3) is 6.43 Å². The van der Waals surface area contributed by atoms with Gasteiger partial charge in [-0.3, -0.25) is 9.78 Å². The van der Waals surface area contributed by atoms with Crippen LogP contribution in [0.15, 0.2) is 6.20 Å². The Morgan fingerprint density at radius 1 is 1.67 bits per heavy atom. The Morgan fingerprint density at radius 3 is 2.73 bits per heavy atom. The summed E-state index contributed by atoms with van der Waals surface area (Å²) in [5, 5.41) is 8.59. The molecular formula is C9H5ClF2N2O. The van der Waals surface area contributed by atoms with Crippen LogP contribution in [0, 0.1) is 11.3 Å². The quantitative estimate of drug-likeness (QED) is 0.592. The summed E-state index contributed by atoms with van der Waals surface area (Å²) >= 11 is 5.41. The van der Waals surface area contributed by atoms with Crippen molar-refractivity contribution in [2.75, 3.05) is 0 Å². The lowest BCUT2D eigenvalue weighted by Gasteiger charge is -2.08. The summed E-state index contributed by atoms with van der Waals surface area (Å²) < 4.78 is 25.2. The van der Waals surface area contributed by atoms with Crippen molar-refractivity contribution in [2.45, 2.75) is 12.3 Å². The highest BCUT2D eigenvalue weighted by Gasteiger charge is 2.21. The van der Waals surface area contributed by atoms with Crippen molar-refractivity contribution >= 4 is 17.9 Å². The molecule has 0 saturated carbocycles. The molecule has 1 aromatic rings. The molecule has 15 heavy (non-hydrogen) atoms. The third-order valence-electron chi connectivity index (χ3n) is 1.82. The standard InChI is InChI=1S/C9H5ClF2N2O/c10-1-7-8(9(11)12)6(4-15)5(2-13)3-14-7/h3-4,9H,1H2. The van der Waals surface area contributed by atoms with Crippen LogP contribution < -0.4 is 0 Å². The Labute approximate surface area is 89.3 Å². The molecule has 1 heterocycles. The van der Waals surface area contributed by atoms with Crippen LogP contribution in [0.3, 0.4) is 0 Å². The van der Waals surface area contributed by atoms with E-state index in [1.807, 2.05) is 0 Å². The van der Waals surface area contributed by atoms with Crippen molar-refractivity contribution in [3.05, 3.63) is 28.6 Å². The number of halogens is 3. The van der Waals surface area contributed by atoms with E-state index >= 15 is 0 Å². The van der Waals surface area contributed by atoms with E-state index in [0.29, 0.717) is 0 Å². The predicted octanol–water partition coefficient (Wildman–Crippen LogP) is 2.44. The van der Waals surface area contributed by atoms with Crippen molar-refractivity contribution in [2.24, 2.45) is 0 Å². The Balaban J connectivity index is 3.53. The van der Waals surface area contributed by atoms with Gasteiger partial charge in [0, 0.05) is 11.8 Å². The summed E-state index contributed by atoms with van der Waals surface area (Å²) in [6.07, 6.45) is -1.59. The number of pyridine rings is 1. The molecule has 0 aromatic carbocycles. The lowest BCUT2D eigenvalue weighted by Crippen LogP contribution is -2.04. The van der Waals surface area contributed by atoms with E-state index < -0.39 is 12.0 Å². The monoisotopic (exact) mass is 230 g/mol. The summed E-state index contributed by atoms with van der Waals surface area (Å²) in [5.41, 5.74) is -1.14. The van der Waals surface area contributed by atoms with Gasteiger partial charge in [0.1, 0.15) is 6.07 Å². The summed E-state index contributed by atoms with van der Waals surface area (Å²) in [6, 6.07) is 1.62. The number of nitriles is 1. The van der Waals surface area contributed by atoms with Crippen LogP contribution in [0.4, 0.5) is 8.78 Å². The van der Waals surface area contributed by atoms with Crippen molar-refractivity contribution in [3.63, 3.8) is 0 Å². The van der Waals surface area contributed by atoms with Gasteiger partial charge in [-0.25, -0.2) is 8.78 Å². The van der Waals surface area contributed by atoms with Crippen LogP contribution in [0.1, 0.15) is 33.6 Å². The molecule has 0 atom stereocenters. The minimum absolute atomic E-state index is 0.0761. The molecule has 0 radical (unpaired) electrons. The third kappa shape index (κ3) is 2.10. The zero-order chi connectivity index (χ0) is 11.4. The molecule has 0 aliphatic carbocycles. The molecule has 0 aliphatic heterocycles. The molecule has 78 valence electrons. The number of alkyl halides is 3. The first-order valence-corrected chi connectivity index (χ1v) is 4.40. The van der Waals surface area contributed by atoms with Crippen LogP contribution in [0.2, 0.25) is 0 Å². The molecule has 1 rings (SSSR count). The Morgan fingerprint density at radius 2 is 2.33 bits per heavy atom. The van der Waals surface area contributed by atoms with Crippen LogP contribution >= 0.6 is 11.6 Å². The minimum atomic E-state index is -2.88. The zero-order valence-corrected chi connectivity index (χ0v) is 8.13. The Bertz CT molecular complexity index is 429. The molecule has 1 aromatic heterocycles. The highest BCUT2D eigenvalue weighted by atomic mass is 35.5. The van der Waals surface area contributed by atoms with E-state index in [0.717, 1.165) is 6.20 Å². The number of hydrogen-bond donors (Lipinski definition) is 0. The number of nitrogens with zero attached hydrogens (tertiary/aromatic N) is 2. The van der Waals surface area contributed by atoms with Gasteiger partial charge in [0.2, 0.25) is 0 Å². The lowest BCUT2D eigenvalue weighted by molar-refractivity contribution is 0.110. The first-order chi connectivity index (χ1) is 7.15. The van der Waals surface area contributed by atoms with Crippen LogP contribution in [-0.2, 0) is 5.88 Å². The number of aromatic nitrogens is 1. The molecule has 6 heteroatoms. The second-order valence-corrected chi connectivity index (χ2v) is 2.88. The molecule has 0 saturated heterocycles. The smallest absolute Gasteiger partial charge is 0.266 e. The number of carbonyl (C=O) groups excluding carboxylic acids is 1. The molecule has 3 nitrogen and oxygen atoms in total. The van der Waals surface area contributed by atoms with Gasteiger partial charge in [0.05, 0.1) is 22.7 Å². The predicted molar refractivity (Wildman–Crippen MR) is 48.9 cm³/mol. The van der Waals surface area contributed by atoms with Crippen molar-refractivity contribution < 1.29 is 13.6 Å². The average Bonchev–Trinajstić information content (AvgIpc) is 2.26. The first-order valence-electron chi connectivity index (χ1n) is 3.86. The van der Waals surface area contributed by atoms with E-state index in [1.54, 1.807) is 6.07 Å². The normalized spacial score (nSPS) is 10.1. The van der Waals surface area contributed by atoms with Gasteiger partial charge in [0.15, 0.2) is 6.29 Å². The van der Waals surface area contributed by atoms with E-state index in [9.17, 15) is 13.6 Å². The number of rotatable bonds is 3. The maximum atomic E-state index is 12.6. The van der Waals surface area contributed by atoms with Crippen LogP contribution in [0.25, 0.3) is 0 Å². The fourth-order valence-electron chi connectivity index (χ4n) is 1.15. The number of carbonyl (C=O) groups is 1. The second-order valence-electron chi connectivity index (χ2n) is 2.61. The topological polar surface area (TPSA) is 53.8 Å². The van der Waals surface area contributed by atoms with Crippen LogP contribution in [0.5, 0.6) is 0 Å². The highest BCUT2D eigenvalue weighted by molar-refractivity contribution is 6.17. The summed E-state index contributed by atoms with van der Waals surface area (Å²) in [4.78, 5) is 14.2. The van der Waals surface area contributed by atoms with E-state index in [4.69, 9.17) is 16.9 Å². The Kier molecular flexibility index (Phi) is 3.69. The number of aldehydes is 1. The Hall–Kier alpha value is -1.54. The molecule has 0 fully saturated rings. The fourth-order valence-corrected chi connectivity index (χ4v) is 1.36. The first kappa shape index (κ1) is 11.5. The molecule has 0 amide bonds. The SMILES string of the molecule is N#Cc1cnc(CCl)c(C(F)F)c1C=O. The van der Waals surface area contributed by atoms with E-state index in [-0.39, 0.29) is 29.0 Å². The van der Waals surface area contributed by atoms with Crippen molar-refractivity contribution in [3.8, 4) is 6.07 Å². The van der Waals surface area contributed by atoms with E-state index in [1.165, 1.54) is 0 Å². The summed E-state index contributed by atoms with van der Waals surface area (Å²) in [7, 11) is 0. The fraction of sp³-hybridized carbons (Fsp3) is 0.222. The molecule has 0 N–H and O–H groups in total. The summed E-state index contributed by atoms with van der Waals surface area (Å²) in [6.45, 7) is 0. The second kappa shape index (κ2) is 4.80. The molecule has 0 bridgehead atoms. The lowest BCUT2D eigenvalue weighted by atomic mass is 10.0. The van der Waals surface area contributed by atoms with Gasteiger partial charge in [-0.05, 0) is 0 Å². The zero-order valence-electron chi connectivity index (χ0n) is 7.38. The largest absolute Gasteiger partial charge is 0.298 e. The third-order valence-corrected chi connectivity index (χ3v) is 2.08. The molecule has 0 aliphatic rings. The van der Waals surface area contributed by atoms with Crippen molar-refractivity contribution in [1.29, 1.82) is 5.26 Å².